The molecule has 0 heterocycles. The molecule has 0 aromatic heterocycles. The van der Waals surface area contributed by atoms with Crippen LogP contribution in [0, 0.1) is 11.8 Å². The second kappa shape index (κ2) is 11.2. The Labute approximate surface area is 228 Å². The van der Waals surface area contributed by atoms with Gasteiger partial charge >= 0.3 is 0 Å². The minimum Gasteiger partial charge on any atom is -0.399 e. The van der Waals surface area contributed by atoms with Crippen LogP contribution in [0.2, 0.25) is 0 Å². The number of hydrogen-bond acceptors (Lipinski definition) is 2. The van der Waals surface area contributed by atoms with Gasteiger partial charge in [0.2, 0.25) is 0 Å². The van der Waals surface area contributed by atoms with E-state index in [1.807, 2.05) is 18.2 Å². The normalized spacial score (nSPS) is 23.7. The molecule has 6 rings (SSSR count). The number of anilines is 1. The van der Waals surface area contributed by atoms with Crippen LogP contribution in [0.4, 0.5) is 5.69 Å². The minimum atomic E-state index is 0.462. The van der Waals surface area contributed by atoms with E-state index in [0.29, 0.717) is 6.04 Å². The lowest BCUT2D eigenvalue weighted by Crippen LogP contribution is -2.31. The van der Waals surface area contributed by atoms with Gasteiger partial charge in [-0.2, -0.15) is 0 Å². The standard InChI is InChI=1S/C36H40N2/c37-35-22-20-32(21-23-35)31-14-12-28(13-15-31)27-6-4-25(5-7-27)26-8-10-29(11-9-26)30-16-18-33(19-17-30)34-2-1-3-36(38)24-34/h1-11,16-19,24,28,31-32,35H,12-15,20-23,37-38H2. The molecule has 194 valence electrons. The lowest BCUT2D eigenvalue weighted by atomic mass is 9.69. The van der Waals surface area contributed by atoms with Gasteiger partial charge in [-0.05, 0) is 120 Å². The summed E-state index contributed by atoms with van der Waals surface area (Å²) in [6.45, 7) is 0. The number of nitrogens with two attached hydrogens (primary N) is 2. The molecule has 2 saturated carbocycles. The fourth-order valence-electron chi connectivity index (χ4n) is 6.92. The van der Waals surface area contributed by atoms with Crippen LogP contribution in [-0.4, -0.2) is 6.04 Å². The van der Waals surface area contributed by atoms with Gasteiger partial charge in [0, 0.05) is 11.7 Å². The van der Waals surface area contributed by atoms with E-state index in [4.69, 9.17) is 11.5 Å². The first-order valence-electron chi connectivity index (χ1n) is 14.5. The van der Waals surface area contributed by atoms with Gasteiger partial charge in [-0.15, -0.1) is 0 Å². The third-order valence-corrected chi connectivity index (χ3v) is 9.29. The van der Waals surface area contributed by atoms with Crippen LogP contribution in [-0.2, 0) is 0 Å². The number of nitrogen functional groups attached to an aromatic ring is 1. The Morgan fingerprint density at radius 1 is 0.447 bits per heavy atom. The highest BCUT2D eigenvalue weighted by Gasteiger charge is 2.30. The summed E-state index contributed by atoms with van der Waals surface area (Å²) in [5, 5.41) is 0. The van der Waals surface area contributed by atoms with Gasteiger partial charge in [0.15, 0.2) is 0 Å². The average Bonchev–Trinajstić information content (AvgIpc) is 2.98. The first-order valence-corrected chi connectivity index (χ1v) is 14.5. The Morgan fingerprint density at radius 3 is 1.34 bits per heavy atom. The predicted molar refractivity (Wildman–Crippen MR) is 162 cm³/mol. The summed E-state index contributed by atoms with van der Waals surface area (Å²) >= 11 is 0. The van der Waals surface area contributed by atoms with E-state index in [-0.39, 0.29) is 0 Å². The minimum absolute atomic E-state index is 0.462. The predicted octanol–water partition coefficient (Wildman–Crippen LogP) is 9.06. The molecule has 2 aliphatic rings. The van der Waals surface area contributed by atoms with E-state index in [0.717, 1.165) is 29.0 Å². The van der Waals surface area contributed by atoms with Gasteiger partial charge in [-0.1, -0.05) is 84.9 Å². The molecule has 2 fully saturated rings. The molecular weight excluding hydrogens is 460 g/mol. The Balaban J connectivity index is 1.07. The molecule has 4 aromatic rings. The molecule has 4 aromatic carbocycles. The van der Waals surface area contributed by atoms with Crippen LogP contribution in [0.25, 0.3) is 33.4 Å². The van der Waals surface area contributed by atoms with Crippen molar-refractivity contribution in [1.82, 2.24) is 0 Å². The summed E-state index contributed by atoms with van der Waals surface area (Å²) in [5.41, 5.74) is 21.8. The van der Waals surface area contributed by atoms with Gasteiger partial charge in [0.25, 0.3) is 0 Å². The molecule has 4 N–H and O–H groups in total. The highest BCUT2D eigenvalue weighted by molar-refractivity contribution is 5.74. The van der Waals surface area contributed by atoms with E-state index in [2.05, 4.69) is 78.9 Å². The first-order chi connectivity index (χ1) is 18.6. The molecule has 0 unspecified atom stereocenters. The van der Waals surface area contributed by atoms with Gasteiger partial charge in [-0.25, -0.2) is 0 Å². The van der Waals surface area contributed by atoms with Crippen LogP contribution in [0.15, 0.2) is 97.1 Å². The summed E-state index contributed by atoms with van der Waals surface area (Å²) in [6, 6.07) is 35.6. The summed E-state index contributed by atoms with van der Waals surface area (Å²) in [4.78, 5) is 0. The maximum Gasteiger partial charge on any atom is 0.0320 e. The maximum atomic E-state index is 6.14. The van der Waals surface area contributed by atoms with Gasteiger partial charge in [-0.3, -0.25) is 0 Å². The Hall–Kier alpha value is -3.36. The topological polar surface area (TPSA) is 52.0 Å². The lowest BCUT2D eigenvalue weighted by Gasteiger charge is -2.37. The van der Waals surface area contributed by atoms with Gasteiger partial charge in [0.1, 0.15) is 0 Å². The van der Waals surface area contributed by atoms with Crippen LogP contribution in [0.3, 0.4) is 0 Å². The van der Waals surface area contributed by atoms with E-state index in [9.17, 15) is 0 Å². The molecule has 0 amide bonds. The smallest absolute Gasteiger partial charge is 0.0320 e. The van der Waals surface area contributed by atoms with Crippen molar-refractivity contribution in [2.24, 2.45) is 17.6 Å². The zero-order chi connectivity index (χ0) is 25.9. The van der Waals surface area contributed by atoms with Crippen molar-refractivity contribution in [3.8, 4) is 33.4 Å². The monoisotopic (exact) mass is 500 g/mol. The SMILES string of the molecule is Nc1cccc(-c2ccc(-c3ccc(-c4ccc(C5CCC(C6CCC(N)CC6)CC5)cc4)cc3)cc2)c1. The first kappa shape index (κ1) is 24.9. The van der Waals surface area contributed by atoms with Crippen molar-refractivity contribution in [2.75, 3.05) is 5.73 Å². The molecule has 2 heteroatoms. The third kappa shape index (κ3) is 5.56. The van der Waals surface area contributed by atoms with Crippen molar-refractivity contribution in [3.63, 3.8) is 0 Å². The van der Waals surface area contributed by atoms with Gasteiger partial charge in [0.05, 0.1) is 0 Å². The molecule has 2 nitrogen and oxygen atoms in total. The molecule has 0 aliphatic heterocycles. The molecular formula is C36H40N2. The highest BCUT2D eigenvalue weighted by Crippen LogP contribution is 2.43. The van der Waals surface area contributed by atoms with Crippen LogP contribution in [0.5, 0.6) is 0 Å². The van der Waals surface area contributed by atoms with Crippen LogP contribution < -0.4 is 11.5 Å². The molecule has 2 aliphatic carbocycles. The van der Waals surface area contributed by atoms with Crippen molar-refractivity contribution >= 4 is 5.69 Å². The second-order valence-corrected chi connectivity index (χ2v) is 11.7. The van der Waals surface area contributed by atoms with Crippen LogP contribution >= 0.6 is 0 Å². The Bertz CT molecular complexity index is 1320. The molecule has 0 bridgehead atoms. The molecule has 38 heavy (non-hydrogen) atoms. The Morgan fingerprint density at radius 2 is 0.868 bits per heavy atom. The molecule has 0 atom stereocenters. The highest BCUT2D eigenvalue weighted by atomic mass is 14.6. The van der Waals surface area contributed by atoms with Gasteiger partial charge < -0.3 is 11.5 Å². The van der Waals surface area contributed by atoms with E-state index < -0.39 is 0 Å². The van der Waals surface area contributed by atoms with Crippen molar-refractivity contribution in [3.05, 3.63) is 103 Å². The lowest BCUT2D eigenvalue weighted by molar-refractivity contribution is 0.177. The van der Waals surface area contributed by atoms with Crippen molar-refractivity contribution < 1.29 is 0 Å². The zero-order valence-electron chi connectivity index (χ0n) is 22.4. The fraction of sp³-hybridized carbons (Fsp3) is 0.333. The fourth-order valence-corrected chi connectivity index (χ4v) is 6.92. The number of benzene rings is 4. The van der Waals surface area contributed by atoms with E-state index in [1.165, 1.54) is 84.7 Å². The summed E-state index contributed by atoms with van der Waals surface area (Å²) in [6.07, 6.45) is 10.7. The van der Waals surface area contributed by atoms with Crippen molar-refractivity contribution in [1.29, 1.82) is 0 Å². The second-order valence-electron chi connectivity index (χ2n) is 11.7. The van der Waals surface area contributed by atoms with E-state index >= 15 is 0 Å². The Kier molecular flexibility index (Phi) is 7.33. The third-order valence-electron chi connectivity index (χ3n) is 9.29. The largest absolute Gasteiger partial charge is 0.399 e. The number of hydrogen-bond donors (Lipinski definition) is 2. The zero-order valence-corrected chi connectivity index (χ0v) is 22.4. The summed E-state index contributed by atoms with van der Waals surface area (Å²) in [5.74, 6) is 2.59. The maximum absolute atomic E-state index is 6.14. The summed E-state index contributed by atoms with van der Waals surface area (Å²) in [7, 11) is 0. The average molecular weight is 501 g/mol. The van der Waals surface area contributed by atoms with E-state index in [1.54, 1.807) is 0 Å². The molecule has 0 spiro atoms. The van der Waals surface area contributed by atoms with Crippen LogP contribution in [0.1, 0.15) is 62.8 Å². The molecule has 0 saturated heterocycles. The number of rotatable bonds is 5. The quantitative estimate of drug-likeness (QED) is 0.269. The molecule has 0 radical (unpaired) electrons. The summed E-state index contributed by atoms with van der Waals surface area (Å²) < 4.78 is 0. The van der Waals surface area contributed by atoms with Crippen molar-refractivity contribution in [2.45, 2.75) is 63.3 Å².